The fourth-order valence-corrected chi connectivity index (χ4v) is 3.28. The Labute approximate surface area is 117 Å². The molecule has 110 valence electrons. The summed E-state index contributed by atoms with van der Waals surface area (Å²) in [5, 5.41) is 12.9. The lowest BCUT2D eigenvalue weighted by atomic mass is 9.85. The number of hydrogen-bond donors (Lipinski definition) is 2. The van der Waals surface area contributed by atoms with E-state index in [4.69, 9.17) is 5.11 Å². The van der Waals surface area contributed by atoms with Crippen LogP contribution in [0.1, 0.15) is 65.2 Å². The third kappa shape index (κ3) is 4.79. The lowest BCUT2D eigenvalue weighted by Crippen LogP contribution is -2.42. The van der Waals surface area contributed by atoms with E-state index in [1.54, 1.807) is 0 Å². The Morgan fingerprint density at radius 2 is 1.74 bits per heavy atom. The van der Waals surface area contributed by atoms with Gasteiger partial charge in [0.05, 0.1) is 5.92 Å². The van der Waals surface area contributed by atoms with Gasteiger partial charge in [-0.25, -0.2) is 0 Å². The second-order valence-electron chi connectivity index (χ2n) is 6.97. The number of rotatable bonds is 7. The molecule has 1 unspecified atom stereocenters. The van der Waals surface area contributed by atoms with Crippen molar-refractivity contribution in [1.82, 2.24) is 5.32 Å². The number of aliphatic carboxylic acids is 1. The van der Waals surface area contributed by atoms with Crippen LogP contribution in [-0.2, 0) is 4.79 Å². The first-order valence-electron chi connectivity index (χ1n) is 8.05. The van der Waals surface area contributed by atoms with Gasteiger partial charge in [-0.3, -0.25) is 4.79 Å². The summed E-state index contributed by atoms with van der Waals surface area (Å²) in [5.41, 5.74) is 0. The molecule has 2 N–H and O–H groups in total. The van der Waals surface area contributed by atoms with Crippen LogP contribution in [0, 0.1) is 17.8 Å². The van der Waals surface area contributed by atoms with E-state index in [-0.39, 0.29) is 5.92 Å². The molecule has 3 heteroatoms. The highest BCUT2D eigenvalue weighted by Crippen LogP contribution is 2.36. The van der Waals surface area contributed by atoms with E-state index in [0.717, 1.165) is 37.5 Å². The van der Waals surface area contributed by atoms with E-state index in [2.05, 4.69) is 19.2 Å². The van der Waals surface area contributed by atoms with Crippen molar-refractivity contribution >= 4 is 5.97 Å². The highest BCUT2D eigenvalue weighted by atomic mass is 16.4. The zero-order chi connectivity index (χ0) is 13.8. The minimum atomic E-state index is -0.600. The van der Waals surface area contributed by atoms with Crippen molar-refractivity contribution in [2.75, 3.05) is 0 Å². The van der Waals surface area contributed by atoms with Crippen molar-refractivity contribution in [1.29, 1.82) is 0 Å². The van der Waals surface area contributed by atoms with Crippen LogP contribution in [-0.4, -0.2) is 23.2 Å². The summed E-state index contributed by atoms with van der Waals surface area (Å²) in [5.74, 6) is 0.992. The molecule has 2 rings (SSSR count). The molecule has 0 aromatic rings. The van der Waals surface area contributed by atoms with E-state index in [0.29, 0.717) is 12.1 Å². The first-order valence-corrected chi connectivity index (χ1v) is 8.05. The highest BCUT2D eigenvalue weighted by Gasteiger charge is 2.34. The van der Waals surface area contributed by atoms with Crippen LogP contribution in [0.25, 0.3) is 0 Å². The molecule has 1 atom stereocenters. The molecule has 2 aliphatic rings. The van der Waals surface area contributed by atoms with Crippen LogP contribution < -0.4 is 5.32 Å². The second kappa shape index (κ2) is 6.74. The van der Waals surface area contributed by atoms with Gasteiger partial charge in [0.25, 0.3) is 0 Å². The Hall–Kier alpha value is -0.570. The molecule has 0 heterocycles. The zero-order valence-electron chi connectivity index (χ0n) is 12.4. The first kappa shape index (κ1) is 14.8. The summed E-state index contributed by atoms with van der Waals surface area (Å²) in [6.07, 6.45) is 9.17. The molecule has 2 saturated carbocycles. The summed E-state index contributed by atoms with van der Waals surface area (Å²) < 4.78 is 0. The van der Waals surface area contributed by atoms with E-state index in [1.807, 2.05) is 0 Å². The van der Waals surface area contributed by atoms with Crippen LogP contribution in [0.5, 0.6) is 0 Å². The molecule has 19 heavy (non-hydrogen) atoms. The Balaban J connectivity index is 1.74. The Morgan fingerprint density at radius 3 is 2.21 bits per heavy atom. The van der Waals surface area contributed by atoms with Crippen molar-refractivity contribution in [2.45, 2.75) is 77.3 Å². The van der Waals surface area contributed by atoms with E-state index in [9.17, 15) is 4.79 Å². The number of carboxylic acid groups (broad SMARTS) is 1. The molecule has 0 amide bonds. The minimum Gasteiger partial charge on any atom is -0.481 e. The van der Waals surface area contributed by atoms with Gasteiger partial charge in [-0.1, -0.05) is 13.8 Å². The fraction of sp³-hybridized carbons (Fsp3) is 0.938. The van der Waals surface area contributed by atoms with Crippen molar-refractivity contribution in [3.8, 4) is 0 Å². The van der Waals surface area contributed by atoms with Crippen molar-refractivity contribution in [3.05, 3.63) is 0 Å². The Bertz CT molecular complexity index is 291. The predicted octanol–water partition coefficient (Wildman–Crippen LogP) is 3.43. The molecule has 0 bridgehead atoms. The number of nitrogens with one attached hydrogen (secondary N) is 1. The molecule has 0 saturated heterocycles. The zero-order valence-corrected chi connectivity index (χ0v) is 12.4. The lowest BCUT2D eigenvalue weighted by molar-refractivity contribution is -0.142. The van der Waals surface area contributed by atoms with E-state index in [1.165, 1.54) is 25.7 Å². The topological polar surface area (TPSA) is 49.3 Å². The summed E-state index contributed by atoms with van der Waals surface area (Å²) in [7, 11) is 0. The maximum absolute atomic E-state index is 11.0. The molecule has 0 spiro atoms. The van der Waals surface area contributed by atoms with E-state index < -0.39 is 5.97 Å². The maximum atomic E-state index is 11.0. The van der Waals surface area contributed by atoms with Gasteiger partial charge in [0.2, 0.25) is 0 Å². The quantitative estimate of drug-likeness (QED) is 0.743. The lowest BCUT2D eigenvalue weighted by Gasteiger charge is -2.31. The van der Waals surface area contributed by atoms with Crippen LogP contribution in [0.15, 0.2) is 0 Å². The molecular weight excluding hydrogens is 238 g/mol. The monoisotopic (exact) mass is 267 g/mol. The molecule has 2 fully saturated rings. The van der Waals surface area contributed by atoms with Crippen molar-refractivity contribution in [2.24, 2.45) is 17.8 Å². The smallest absolute Gasteiger partial charge is 0.306 e. The summed E-state index contributed by atoms with van der Waals surface area (Å²) >= 11 is 0. The number of carbonyl (C=O) groups is 1. The Morgan fingerprint density at radius 1 is 1.11 bits per heavy atom. The fourth-order valence-electron chi connectivity index (χ4n) is 3.28. The van der Waals surface area contributed by atoms with Crippen LogP contribution >= 0.6 is 0 Å². The minimum absolute atomic E-state index is 0.0897. The predicted molar refractivity (Wildman–Crippen MR) is 77.1 cm³/mol. The van der Waals surface area contributed by atoms with E-state index >= 15 is 0 Å². The molecule has 3 nitrogen and oxygen atoms in total. The highest BCUT2D eigenvalue weighted by molar-refractivity contribution is 5.70. The number of carboxylic acids is 1. The third-order valence-electron chi connectivity index (χ3n) is 4.77. The first-order chi connectivity index (χ1) is 9.06. The molecule has 2 aliphatic carbocycles. The largest absolute Gasteiger partial charge is 0.481 e. The molecule has 0 aliphatic heterocycles. The van der Waals surface area contributed by atoms with Crippen molar-refractivity contribution in [3.63, 3.8) is 0 Å². The standard InChI is InChI=1S/C16H29NO2/c1-11(2)3-10-15(12-4-5-12)17-14-8-6-13(7-9-14)16(18)19/h11-15,17H,3-10H2,1-2H3,(H,18,19). The summed E-state index contributed by atoms with van der Waals surface area (Å²) in [6, 6.07) is 1.25. The Kier molecular flexibility index (Phi) is 5.26. The number of hydrogen-bond acceptors (Lipinski definition) is 2. The van der Waals surface area contributed by atoms with Gasteiger partial charge in [-0.05, 0) is 63.2 Å². The van der Waals surface area contributed by atoms with Gasteiger partial charge < -0.3 is 10.4 Å². The van der Waals surface area contributed by atoms with Crippen molar-refractivity contribution < 1.29 is 9.90 Å². The average molecular weight is 267 g/mol. The van der Waals surface area contributed by atoms with Crippen LogP contribution in [0.2, 0.25) is 0 Å². The maximum Gasteiger partial charge on any atom is 0.306 e. The van der Waals surface area contributed by atoms with Crippen LogP contribution in [0.3, 0.4) is 0 Å². The average Bonchev–Trinajstić information content (AvgIpc) is 3.19. The normalized spacial score (nSPS) is 29.4. The van der Waals surface area contributed by atoms with Gasteiger partial charge in [0.15, 0.2) is 0 Å². The van der Waals surface area contributed by atoms with Gasteiger partial charge in [0, 0.05) is 12.1 Å². The third-order valence-corrected chi connectivity index (χ3v) is 4.77. The van der Waals surface area contributed by atoms with Gasteiger partial charge in [-0.15, -0.1) is 0 Å². The SMILES string of the molecule is CC(C)CCC(NC1CCC(C(=O)O)CC1)C1CC1. The summed E-state index contributed by atoms with van der Waals surface area (Å²) in [4.78, 5) is 11.0. The molecule has 0 radical (unpaired) electrons. The van der Waals surface area contributed by atoms with Crippen LogP contribution in [0.4, 0.5) is 0 Å². The van der Waals surface area contributed by atoms with Gasteiger partial charge in [-0.2, -0.15) is 0 Å². The molecule has 0 aromatic heterocycles. The molecule has 0 aromatic carbocycles. The second-order valence-corrected chi connectivity index (χ2v) is 6.97. The molecular formula is C16H29NO2. The van der Waals surface area contributed by atoms with Gasteiger partial charge in [0.1, 0.15) is 0 Å². The summed E-state index contributed by atoms with van der Waals surface area (Å²) in [6.45, 7) is 4.59. The van der Waals surface area contributed by atoms with Gasteiger partial charge >= 0.3 is 5.97 Å².